The molecule has 0 saturated heterocycles. The van der Waals surface area contributed by atoms with Crippen molar-refractivity contribution in [2.75, 3.05) is 10.6 Å². The smallest absolute Gasteiger partial charge is 0.416 e. The van der Waals surface area contributed by atoms with E-state index in [1.165, 1.54) is 18.2 Å². The highest BCUT2D eigenvalue weighted by Gasteiger charge is 2.30. The predicted molar refractivity (Wildman–Crippen MR) is 116 cm³/mol. The Morgan fingerprint density at radius 2 is 1.33 bits per heavy atom. The highest BCUT2D eigenvalue weighted by Crippen LogP contribution is 2.29. The Morgan fingerprint density at radius 3 is 1.97 bits per heavy atom. The lowest BCUT2D eigenvalue weighted by molar-refractivity contribution is -0.137. The van der Waals surface area contributed by atoms with Crippen molar-refractivity contribution >= 4 is 34.2 Å². The van der Waals surface area contributed by atoms with Crippen LogP contribution in [0, 0.1) is 0 Å². The SMILES string of the molecule is O=C(Nc1ccccc1NC(=O)c1cc2ccccc2oc1=O)c1ccc(C(F)(F)F)cc1. The molecule has 0 aliphatic rings. The number of carbonyl (C=O) groups is 2. The van der Waals surface area contributed by atoms with Gasteiger partial charge in [-0.2, -0.15) is 13.2 Å². The van der Waals surface area contributed by atoms with Gasteiger partial charge in [0.25, 0.3) is 11.8 Å². The minimum Gasteiger partial charge on any atom is -0.422 e. The Hall–Kier alpha value is -4.40. The number of nitrogens with one attached hydrogen (secondary N) is 2. The number of anilines is 2. The van der Waals surface area contributed by atoms with E-state index in [1.54, 1.807) is 36.4 Å². The Bertz CT molecular complexity index is 1410. The molecule has 2 amide bonds. The van der Waals surface area contributed by atoms with Crippen LogP contribution >= 0.6 is 0 Å². The molecule has 1 aromatic heterocycles. The summed E-state index contributed by atoms with van der Waals surface area (Å²) in [5, 5.41) is 5.67. The number of benzene rings is 3. The van der Waals surface area contributed by atoms with Crippen LogP contribution in [0.3, 0.4) is 0 Å². The predicted octanol–water partition coefficient (Wildman–Crippen LogP) is 5.32. The van der Waals surface area contributed by atoms with Gasteiger partial charge in [-0.15, -0.1) is 0 Å². The molecule has 0 aliphatic heterocycles. The van der Waals surface area contributed by atoms with Gasteiger partial charge in [0, 0.05) is 10.9 Å². The van der Waals surface area contributed by atoms with Crippen molar-refractivity contribution in [2.24, 2.45) is 0 Å². The van der Waals surface area contributed by atoms with Crippen LogP contribution in [0.4, 0.5) is 24.5 Å². The molecule has 0 spiro atoms. The van der Waals surface area contributed by atoms with Crippen molar-refractivity contribution in [3.63, 3.8) is 0 Å². The summed E-state index contributed by atoms with van der Waals surface area (Å²) < 4.78 is 43.4. The molecule has 33 heavy (non-hydrogen) atoms. The van der Waals surface area contributed by atoms with Gasteiger partial charge in [0.1, 0.15) is 11.1 Å². The largest absolute Gasteiger partial charge is 0.422 e. The molecular weight excluding hydrogens is 437 g/mol. The van der Waals surface area contributed by atoms with Crippen molar-refractivity contribution in [1.82, 2.24) is 0 Å². The van der Waals surface area contributed by atoms with Gasteiger partial charge < -0.3 is 15.1 Å². The van der Waals surface area contributed by atoms with Crippen molar-refractivity contribution in [3.8, 4) is 0 Å². The highest BCUT2D eigenvalue weighted by atomic mass is 19.4. The standard InChI is InChI=1S/C24H15F3N2O4/c25-24(26,27)16-11-9-14(10-12-16)21(30)28-18-6-2-3-7-19(18)29-22(31)17-13-15-5-1-4-8-20(15)33-23(17)32/h1-13H,(H,28,30)(H,29,31). The third-order valence-corrected chi connectivity index (χ3v) is 4.78. The van der Waals surface area contributed by atoms with Gasteiger partial charge in [-0.05, 0) is 48.5 Å². The molecule has 0 atom stereocenters. The lowest BCUT2D eigenvalue weighted by atomic mass is 10.1. The van der Waals surface area contributed by atoms with E-state index >= 15 is 0 Å². The number of hydrogen-bond donors (Lipinski definition) is 2. The number of para-hydroxylation sites is 3. The fraction of sp³-hybridized carbons (Fsp3) is 0.0417. The topological polar surface area (TPSA) is 88.4 Å². The molecular formula is C24H15F3N2O4. The zero-order chi connectivity index (χ0) is 23.6. The molecule has 0 fully saturated rings. The molecule has 0 bridgehead atoms. The number of halogens is 3. The number of amides is 2. The monoisotopic (exact) mass is 452 g/mol. The molecule has 1 heterocycles. The third kappa shape index (κ3) is 4.77. The summed E-state index contributed by atoms with van der Waals surface area (Å²) in [4.78, 5) is 37.5. The van der Waals surface area contributed by atoms with Crippen molar-refractivity contribution < 1.29 is 27.2 Å². The maximum atomic E-state index is 12.7. The molecule has 3 aromatic carbocycles. The number of hydrogen-bond acceptors (Lipinski definition) is 4. The second kappa shape index (κ2) is 8.62. The quantitative estimate of drug-likeness (QED) is 0.411. The van der Waals surface area contributed by atoms with E-state index in [9.17, 15) is 27.6 Å². The molecule has 0 saturated carbocycles. The van der Waals surface area contributed by atoms with Crippen molar-refractivity contribution in [1.29, 1.82) is 0 Å². The van der Waals surface area contributed by atoms with Crippen LogP contribution in [0.25, 0.3) is 11.0 Å². The Labute approximate surface area is 184 Å². The van der Waals surface area contributed by atoms with Gasteiger partial charge >= 0.3 is 11.8 Å². The number of rotatable bonds is 4. The van der Waals surface area contributed by atoms with Gasteiger partial charge in [0.15, 0.2) is 0 Å². The minimum atomic E-state index is -4.51. The van der Waals surface area contributed by atoms with Crippen LogP contribution < -0.4 is 16.3 Å². The van der Waals surface area contributed by atoms with E-state index in [2.05, 4.69) is 10.6 Å². The summed E-state index contributed by atoms with van der Waals surface area (Å²) >= 11 is 0. The maximum absolute atomic E-state index is 12.7. The summed E-state index contributed by atoms with van der Waals surface area (Å²) in [6.07, 6.45) is -4.51. The molecule has 0 radical (unpaired) electrons. The van der Waals surface area contributed by atoms with Gasteiger partial charge in [-0.25, -0.2) is 4.79 Å². The summed E-state index contributed by atoms with van der Waals surface area (Å²) in [5.74, 6) is -1.42. The maximum Gasteiger partial charge on any atom is 0.416 e. The average molecular weight is 452 g/mol. The number of carbonyl (C=O) groups excluding carboxylic acids is 2. The van der Waals surface area contributed by atoms with Crippen molar-refractivity contribution in [2.45, 2.75) is 6.18 Å². The second-order valence-corrected chi connectivity index (χ2v) is 7.01. The van der Waals surface area contributed by atoms with Gasteiger partial charge in [-0.1, -0.05) is 30.3 Å². The fourth-order valence-electron chi connectivity index (χ4n) is 3.12. The fourth-order valence-corrected chi connectivity index (χ4v) is 3.12. The van der Waals surface area contributed by atoms with Gasteiger partial charge in [-0.3, -0.25) is 9.59 Å². The first-order chi connectivity index (χ1) is 15.7. The molecule has 9 heteroatoms. The first kappa shape index (κ1) is 21.8. The Kier molecular flexibility index (Phi) is 5.70. The zero-order valence-corrected chi connectivity index (χ0v) is 16.8. The molecule has 0 unspecified atom stereocenters. The third-order valence-electron chi connectivity index (χ3n) is 4.78. The van der Waals surface area contributed by atoms with E-state index in [-0.39, 0.29) is 22.5 Å². The molecule has 4 aromatic rings. The highest BCUT2D eigenvalue weighted by molar-refractivity contribution is 6.10. The van der Waals surface area contributed by atoms with Crippen LogP contribution in [0.1, 0.15) is 26.3 Å². The number of fused-ring (bicyclic) bond motifs is 1. The van der Waals surface area contributed by atoms with Crippen LogP contribution in [0.15, 0.2) is 88.1 Å². The molecule has 4 rings (SSSR count). The van der Waals surface area contributed by atoms with Gasteiger partial charge in [0.05, 0.1) is 16.9 Å². The molecule has 2 N–H and O–H groups in total. The summed E-state index contributed by atoms with van der Waals surface area (Å²) in [5.41, 5.74) is -1.20. The van der Waals surface area contributed by atoms with Crippen LogP contribution in [0.5, 0.6) is 0 Å². The summed E-state index contributed by atoms with van der Waals surface area (Å²) in [6.45, 7) is 0. The zero-order valence-electron chi connectivity index (χ0n) is 16.8. The summed E-state index contributed by atoms with van der Waals surface area (Å²) in [7, 11) is 0. The van der Waals surface area contributed by atoms with Crippen LogP contribution in [-0.2, 0) is 6.18 Å². The Balaban J connectivity index is 1.55. The van der Waals surface area contributed by atoms with E-state index in [4.69, 9.17) is 4.42 Å². The van der Waals surface area contributed by atoms with Crippen LogP contribution in [-0.4, -0.2) is 11.8 Å². The second-order valence-electron chi connectivity index (χ2n) is 7.01. The molecule has 166 valence electrons. The Morgan fingerprint density at radius 1 is 0.758 bits per heavy atom. The normalized spacial score (nSPS) is 11.2. The lowest BCUT2D eigenvalue weighted by Gasteiger charge is -2.13. The first-order valence-corrected chi connectivity index (χ1v) is 9.64. The van der Waals surface area contributed by atoms with Crippen molar-refractivity contribution in [3.05, 3.63) is 106 Å². The first-order valence-electron chi connectivity index (χ1n) is 9.64. The minimum absolute atomic E-state index is 0.000645. The molecule has 0 aliphatic carbocycles. The van der Waals surface area contributed by atoms with Gasteiger partial charge in [0.2, 0.25) is 0 Å². The van der Waals surface area contributed by atoms with E-state index in [0.29, 0.717) is 11.0 Å². The van der Waals surface area contributed by atoms with E-state index in [1.807, 2.05) is 0 Å². The summed E-state index contributed by atoms with van der Waals surface area (Å²) in [6, 6.07) is 18.1. The molecule has 6 nitrogen and oxygen atoms in total. The van der Waals surface area contributed by atoms with E-state index in [0.717, 1.165) is 24.3 Å². The van der Waals surface area contributed by atoms with Crippen LogP contribution in [0.2, 0.25) is 0 Å². The number of alkyl halides is 3. The average Bonchev–Trinajstić information content (AvgIpc) is 2.79. The lowest BCUT2D eigenvalue weighted by Crippen LogP contribution is -2.22. The van der Waals surface area contributed by atoms with E-state index < -0.39 is 29.2 Å².